The van der Waals surface area contributed by atoms with Crippen molar-refractivity contribution in [1.82, 2.24) is 20.2 Å². The summed E-state index contributed by atoms with van der Waals surface area (Å²) in [5.41, 5.74) is 3.86. The smallest absolute Gasteiger partial charge is 0.410 e. The molecule has 3 aromatic carbocycles. The van der Waals surface area contributed by atoms with Gasteiger partial charge in [0.2, 0.25) is 5.91 Å². The van der Waals surface area contributed by atoms with Crippen molar-refractivity contribution in [3.8, 4) is 11.1 Å². The van der Waals surface area contributed by atoms with Gasteiger partial charge in [-0.2, -0.15) is 0 Å². The number of rotatable bonds is 13. The number of carbonyl (C=O) groups excluding carboxylic acids is 2. The molecule has 0 spiro atoms. The highest BCUT2D eigenvalue weighted by molar-refractivity contribution is 6.33. The maximum atomic E-state index is 13.1. The molecule has 10 heteroatoms. The topological polar surface area (TPSA) is 108 Å². The molecule has 5 rings (SSSR count). The minimum Gasteiger partial charge on any atom is -0.444 e. The number of unbranched alkanes of at least 4 members (excludes halogenated alkanes) is 1. The van der Waals surface area contributed by atoms with Gasteiger partial charge in [0.25, 0.3) is 0 Å². The van der Waals surface area contributed by atoms with Crippen LogP contribution in [-0.4, -0.2) is 58.6 Å². The van der Waals surface area contributed by atoms with Crippen LogP contribution in [0.1, 0.15) is 46.1 Å². The van der Waals surface area contributed by atoms with Gasteiger partial charge < -0.3 is 25.6 Å². The molecule has 0 saturated heterocycles. The van der Waals surface area contributed by atoms with E-state index >= 15 is 0 Å². The van der Waals surface area contributed by atoms with Crippen LogP contribution in [0.2, 0.25) is 5.02 Å². The first kappa shape index (κ1) is 34.6. The molecule has 2 heterocycles. The van der Waals surface area contributed by atoms with E-state index in [9.17, 15) is 9.59 Å². The molecule has 0 unspecified atom stereocenters. The summed E-state index contributed by atoms with van der Waals surface area (Å²) in [7, 11) is 0. The molecule has 9 nitrogen and oxygen atoms in total. The summed E-state index contributed by atoms with van der Waals surface area (Å²) < 4.78 is 5.73. The first-order chi connectivity index (χ1) is 23.1. The number of hydrogen-bond donors (Lipinski definition) is 3. The van der Waals surface area contributed by atoms with Crippen molar-refractivity contribution in [2.45, 2.75) is 52.7 Å². The van der Waals surface area contributed by atoms with Crippen molar-refractivity contribution in [2.24, 2.45) is 0 Å². The number of fused-ring (bicyclic) bond motifs is 3. The number of halogens is 1. The third kappa shape index (κ3) is 9.42. The second kappa shape index (κ2) is 15.9. The Morgan fingerprint density at radius 2 is 1.71 bits per heavy atom. The Morgan fingerprint density at radius 1 is 0.896 bits per heavy atom. The van der Waals surface area contributed by atoms with E-state index in [4.69, 9.17) is 21.3 Å². The first-order valence-corrected chi connectivity index (χ1v) is 16.7. The zero-order chi connectivity index (χ0) is 34.1. The van der Waals surface area contributed by atoms with Gasteiger partial charge in [-0.3, -0.25) is 9.78 Å². The second-order valence-corrected chi connectivity index (χ2v) is 13.2. The summed E-state index contributed by atoms with van der Waals surface area (Å²) in [5, 5.41) is 13.4. The molecule has 0 atom stereocenters. The predicted molar refractivity (Wildman–Crippen MR) is 195 cm³/mol. The third-order valence-electron chi connectivity index (χ3n) is 7.69. The fourth-order valence-corrected chi connectivity index (χ4v) is 5.81. The molecule has 0 aliphatic rings. The molecule has 3 N–H and O–H groups in total. The molecular weight excluding hydrogens is 624 g/mol. The molecule has 0 fully saturated rings. The largest absolute Gasteiger partial charge is 0.444 e. The van der Waals surface area contributed by atoms with E-state index in [1.54, 1.807) is 11.1 Å². The number of aromatic nitrogens is 2. The lowest BCUT2D eigenvalue weighted by Crippen LogP contribution is -2.37. The van der Waals surface area contributed by atoms with Crippen molar-refractivity contribution >= 4 is 56.8 Å². The Balaban J connectivity index is 1.13. The predicted octanol–water partition coefficient (Wildman–Crippen LogP) is 8.28. The van der Waals surface area contributed by atoms with Crippen molar-refractivity contribution in [3.63, 3.8) is 0 Å². The Bertz CT molecular complexity index is 1880. The summed E-state index contributed by atoms with van der Waals surface area (Å²) in [4.78, 5) is 35.6. The first-order valence-electron chi connectivity index (χ1n) is 16.3. The van der Waals surface area contributed by atoms with Crippen LogP contribution >= 0.6 is 11.6 Å². The van der Waals surface area contributed by atoms with Crippen LogP contribution in [0.25, 0.3) is 32.8 Å². The van der Waals surface area contributed by atoms with Crippen LogP contribution in [0, 0.1) is 0 Å². The second-order valence-electron chi connectivity index (χ2n) is 12.8. The van der Waals surface area contributed by atoms with Gasteiger partial charge in [0.15, 0.2) is 0 Å². The molecule has 250 valence electrons. The van der Waals surface area contributed by atoms with Crippen LogP contribution in [0.15, 0.2) is 85.2 Å². The van der Waals surface area contributed by atoms with Crippen molar-refractivity contribution in [1.29, 1.82) is 0 Å². The number of anilines is 2. The molecule has 0 aliphatic heterocycles. The summed E-state index contributed by atoms with van der Waals surface area (Å²) >= 11 is 6.67. The summed E-state index contributed by atoms with van der Waals surface area (Å²) in [6, 6.07) is 23.7. The standard InChI is InChI=1S/C38H43ClN6O3/c1-26(46)43-29-13-15-31-33-24-41-18-16-32(33)36(44-35(31)23-29)42-20-19-40-17-8-9-21-45(37(47)48-38(2,3)4)25-27-12-14-30(34(39)22-27)28-10-6-5-7-11-28/h5-7,10-16,18,22-24,40H,8-9,17,19-21,25H2,1-4H3,(H,42,44)(H,43,46). The lowest BCUT2D eigenvalue weighted by atomic mass is 10.0. The molecular formula is C38H43ClN6O3. The lowest BCUT2D eigenvalue weighted by molar-refractivity contribution is -0.114. The molecule has 0 bridgehead atoms. The fraction of sp³-hybridized carbons (Fsp3) is 0.316. The van der Waals surface area contributed by atoms with Crippen molar-refractivity contribution < 1.29 is 14.3 Å². The van der Waals surface area contributed by atoms with E-state index in [-0.39, 0.29) is 12.0 Å². The Morgan fingerprint density at radius 3 is 2.46 bits per heavy atom. The Hall–Kier alpha value is -4.73. The molecule has 0 aliphatic carbocycles. The lowest BCUT2D eigenvalue weighted by Gasteiger charge is -2.27. The van der Waals surface area contributed by atoms with Crippen LogP contribution in [0.5, 0.6) is 0 Å². The highest BCUT2D eigenvalue weighted by Crippen LogP contribution is 2.31. The number of ether oxygens (including phenoxy) is 1. The summed E-state index contributed by atoms with van der Waals surface area (Å²) in [6.45, 7) is 10.3. The van der Waals surface area contributed by atoms with Gasteiger partial charge in [-0.15, -0.1) is 0 Å². The minimum absolute atomic E-state index is 0.127. The molecule has 48 heavy (non-hydrogen) atoms. The van der Waals surface area contributed by atoms with Gasteiger partial charge >= 0.3 is 6.09 Å². The van der Waals surface area contributed by atoms with E-state index in [1.165, 1.54) is 6.92 Å². The SMILES string of the molecule is CC(=O)Nc1ccc2c(c1)nc(NCCNCCCCN(Cc1ccc(-c3ccccc3)c(Cl)c1)C(=O)OC(C)(C)C)c1ccncc12. The fourth-order valence-electron chi connectivity index (χ4n) is 5.50. The van der Waals surface area contributed by atoms with Gasteiger partial charge in [-0.25, -0.2) is 9.78 Å². The molecule has 5 aromatic rings. The zero-order valence-corrected chi connectivity index (χ0v) is 28.7. The van der Waals surface area contributed by atoms with E-state index in [0.29, 0.717) is 30.3 Å². The number of carbonyl (C=O) groups is 2. The Labute approximate surface area is 287 Å². The summed E-state index contributed by atoms with van der Waals surface area (Å²) in [6.07, 6.45) is 4.98. The maximum Gasteiger partial charge on any atom is 0.410 e. The van der Waals surface area contributed by atoms with E-state index in [1.807, 2.05) is 99.8 Å². The minimum atomic E-state index is -0.589. The number of benzene rings is 3. The number of nitrogens with zero attached hydrogens (tertiary/aromatic N) is 3. The van der Waals surface area contributed by atoms with Crippen molar-refractivity contribution in [2.75, 3.05) is 36.8 Å². The molecule has 2 amide bonds. The maximum absolute atomic E-state index is 13.1. The van der Waals surface area contributed by atoms with Crippen LogP contribution in [0.3, 0.4) is 0 Å². The number of amides is 2. The van der Waals surface area contributed by atoms with Gasteiger partial charge in [0.1, 0.15) is 11.4 Å². The number of nitrogens with one attached hydrogen (secondary N) is 3. The third-order valence-corrected chi connectivity index (χ3v) is 8.00. The average Bonchev–Trinajstić information content (AvgIpc) is 3.04. The van der Waals surface area contributed by atoms with E-state index in [2.05, 4.69) is 20.9 Å². The monoisotopic (exact) mass is 666 g/mol. The summed E-state index contributed by atoms with van der Waals surface area (Å²) in [5.74, 6) is 0.643. The highest BCUT2D eigenvalue weighted by atomic mass is 35.5. The van der Waals surface area contributed by atoms with Crippen molar-refractivity contribution in [3.05, 3.63) is 95.8 Å². The Kier molecular flexibility index (Phi) is 11.5. The average molecular weight is 667 g/mol. The van der Waals surface area contributed by atoms with Gasteiger partial charge in [-0.1, -0.05) is 60.1 Å². The normalized spacial score (nSPS) is 11.4. The highest BCUT2D eigenvalue weighted by Gasteiger charge is 2.22. The quantitative estimate of drug-likeness (QED) is 0.0857. The van der Waals surface area contributed by atoms with Crippen LogP contribution < -0.4 is 16.0 Å². The van der Waals surface area contributed by atoms with Crippen LogP contribution in [0.4, 0.5) is 16.3 Å². The van der Waals surface area contributed by atoms with E-state index in [0.717, 1.165) is 70.1 Å². The molecule has 0 saturated carbocycles. The number of hydrogen-bond acceptors (Lipinski definition) is 7. The van der Waals surface area contributed by atoms with Gasteiger partial charge in [-0.05, 0) is 75.5 Å². The van der Waals surface area contributed by atoms with Crippen LogP contribution in [-0.2, 0) is 16.1 Å². The molecule has 2 aromatic heterocycles. The molecule has 0 radical (unpaired) electrons. The number of pyridine rings is 2. The van der Waals surface area contributed by atoms with Gasteiger partial charge in [0.05, 0.1) is 5.52 Å². The van der Waals surface area contributed by atoms with E-state index < -0.39 is 5.60 Å². The van der Waals surface area contributed by atoms with Gasteiger partial charge in [0, 0.05) is 77.9 Å². The zero-order valence-electron chi connectivity index (χ0n) is 28.0.